The average Bonchev–Trinajstić information content (AvgIpc) is 2.60. The minimum absolute atomic E-state index is 0.125. The average molecular weight is 463 g/mol. The van der Waals surface area contributed by atoms with Crippen LogP contribution in [0, 0.1) is 0 Å². The van der Waals surface area contributed by atoms with Crippen LogP contribution in [-0.4, -0.2) is 72.1 Å². The van der Waals surface area contributed by atoms with E-state index in [1.54, 1.807) is 0 Å². The van der Waals surface area contributed by atoms with Crippen LogP contribution in [0.25, 0.3) is 0 Å². The number of thiocarbonyl (C=S) groups is 1. The molecule has 0 aromatic carbocycles. The molecule has 13 nitrogen and oxygen atoms in total. The summed E-state index contributed by atoms with van der Waals surface area (Å²) in [6.45, 7) is 5.38. The molecule has 174 valence electrons. The molecule has 14 heteroatoms. The topological polar surface area (TPSA) is 168 Å². The van der Waals surface area contributed by atoms with E-state index in [1.165, 1.54) is 6.92 Å². The number of ether oxygens (including phenoxy) is 5. The Balaban J connectivity index is 3.24. The van der Waals surface area contributed by atoms with Crippen LogP contribution in [0.5, 0.6) is 0 Å². The van der Waals surface area contributed by atoms with Gasteiger partial charge in [-0.05, 0) is 12.2 Å². The van der Waals surface area contributed by atoms with Gasteiger partial charge in [0.15, 0.2) is 29.7 Å². The standard InChI is InChI=1S/C17H25N3O10S/c1-7(21)18-17(31)20-19-16-15(29-11(5)25)14(28-10(4)24)13(27-9(3)23)12(30-16)6-26-8(2)22/h12-16,19H,6H2,1-5H3,(H2,18,20,21,31)/t12-,13-,14+,15+,16-/m1/s1. The number of nitrogens with one attached hydrogen (secondary N) is 3. The number of esters is 4. The van der Waals surface area contributed by atoms with Crippen LogP contribution >= 0.6 is 12.2 Å². The third kappa shape index (κ3) is 9.23. The Morgan fingerprint density at radius 1 is 0.806 bits per heavy atom. The Bertz CT molecular complexity index is 731. The van der Waals surface area contributed by atoms with E-state index in [9.17, 15) is 24.0 Å². The highest BCUT2D eigenvalue weighted by molar-refractivity contribution is 7.80. The monoisotopic (exact) mass is 463 g/mol. The van der Waals surface area contributed by atoms with Crippen LogP contribution in [-0.2, 0) is 47.7 Å². The highest BCUT2D eigenvalue weighted by Crippen LogP contribution is 2.28. The summed E-state index contributed by atoms with van der Waals surface area (Å²) in [4.78, 5) is 57.4. The number of hydrogen-bond donors (Lipinski definition) is 3. The fourth-order valence-electron chi connectivity index (χ4n) is 2.67. The first-order chi connectivity index (χ1) is 14.4. The number of rotatable bonds is 7. The second kappa shape index (κ2) is 12.1. The molecule has 1 aliphatic rings. The summed E-state index contributed by atoms with van der Waals surface area (Å²) in [5.74, 6) is -3.32. The SMILES string of the molecule is CC(=O)NC(=S)NN[C@@H]1O[C@H](COC(C)=O)[C@@H](OC(C)=O)[C@H](OC(C)=O)[C@@H]1OC(C)=O. The van der Waals surface area contributed by atoms with Crippen LogP contribution in [0.3, 0.4) is 0 Å². The summed E-state index contributed by atoms with van der Waals surface area (Å²) in [6.07, 6.45) is -6.25. The molecule has 5 atom stereocenters. The van der Waals surface area contributed by atoms with Crippen LogP contribution in [0.15, 0.2) is 0 Å². The molecule has 1 amide bonds. The van der Waals surface area contributed by atoms with Crippen LogP contribution in [0.4, 0.5) is 0 Å². The van der Waals surface area contributed by atoms with Crippen molar-refractivity contribution in [3.8, 4) is 0 Å². The van der Waals surface area contributed by atoms with Crippen molar-refractivity contribution < 1.29 is 47.7 Å². The van der Waals surface area contributed by atoms with E-state index in [2.05, 4.69) is 16.2 Å². The van der Waals surface area contributed by atoms with Crippen molar-refractivity contribution in [1.29, 1.82) is 0 Å². The normalized spacial score (nSPS) is 24.9. The first-order valence-corrected chi connectivity index (χ1v) is 9.45. The molecule has 0 saturated carbocycles. The van der Waals surface area contributed by atoms with E-state index >= 15 is 0 Å². The molecule has 3 N–H and O–H groups in total. The number of carbonyl (C=O) groups is 5. The summed E-state index contributed by atoms with van der Waals surface area (Å²) in [6, 6.07) is 0. The fourth-order valence-corrected chi connectivity index (χ4v) is 2.88. The van der Waals surface area contributed by atoms with Gasteiger partial charge in [-0.25, -0.2) is 5.43 Å². The van der Waals surface area contributed by atoms with Crippen LogP contribution < -0.4 is 16.2 Å². The van der Waals surface area contributed by atoms with Crippen molar-refractivity contribution in [1.82, 2.24) is 16.2 Å². The molecule has 0 aromatic rings. The largest absolute Gasteiger partial charge is 0.463 e. The second-order valence-electron chi connectivity index (χ2n) is 6.40. The van der Waals surface area contributed by atoms with Gasteiger partial charge in [-0.15, -0.1) is 0 Å². The van der Waals surface area contributed by atoms with Crippen molar-refractivity contribution in [3.63, 3.8) is 0 Å². The minimum Gasteiger partial charge on any atom is -0.463 e. The third-order valence-corrected chi connectivity index (χ3v) is 3.81. The van der Waals surface area contributed by atoms with Crippen molar-refractivity contribution >= 4 is 47.1 Å². The Morgan fingerprint density at radius 2 is 1.32 bits per heavy atom. The van der Waals surface area contributed by atoms with Crippen LogP contribution in [0.1, 0.15) is 34.6 Å². The van der Waals surface area contributed by atoms with Gasteiger partial charge in [0.25, 0.3) is 0 Å². The van der Waals surface area contributed by atoms with Crippen molar-refractivity contribution in [2.24, 2.45) is 0 Å². The van der Waals surface area contributed by atoms with E-state index in [-0.39, 0.29) is 11.7 Å². The lowest BCUT2D eigenvalue weighted by atomic mass is 9.97. The maximum Gasteiger partial charge on any atom is 0.303 e. The molecule has 0 spiro atoms. The smallest absolute Gasteiger partial charge is 0.303 e. The lowest BCUT2D eigenvalue weighted by Crippen LogP contribution is -2.68. The molecule has 0 unspecified atom stereocenters. The van der Waals surface area contributed by atoms with Gasteiger partial charge in [0.2, 0.25) is 5.91 Å². The van der Waals surface area contributed by atoms with Crippen molar-refractivity contribution in [3.05, 3.63) is 0 Å². The molecular formula is C17H25N3O10S. The predicted molar refractivity (Wildman–Crippen MR) is 105 cm³/mol. The van der Waals surface area contributed by atoms with Gasteiger partial charge < -0.3 is 29.0 Å². The second-order valence-corrected chi connectivity index (χ2v) is 6.81. The van der Waals surface area contributed by atoms with E-state index in [0.717, 1.165) is 27.7 Å². The zero-order valence-electron chi connectivity index (χ0n) is 17.6. The quantitative estimate of drug-likeness (QED) is 0.174. The Labute approximate surface area is 183 Å². The van der Waals surface area contributed by atoms with Gasteiger partial charge in [0, 0.05) is 34.6 Å². The molecule has 31 heavy (non-hydrogen) atoms. The van der Waals surface area contributed by atoms with Gasteiger partial charge in [-0.1, -0.05) is 0 Å². The number of hydrazine groups is 1. The van der Waals surface area contributed by atoms with Gasteiger partial charge in [0.05, 0.1) is 0 Å². The fraction of sp³-hybridized carbons (Fsp3) is 0.647. The summed E-state index contributed by atoms with van der Waals surface area (Å²) in [7, 11) is 0. The molecule has 1 rings (SSSR count). The van der Waals surface area contributed by atoms with Crippen molar-refractivity contribution in [2.45, 2.75) is 65.3 Å². The predicted octanol–water partition coefficient (Wildman–Crippen LogP) is -1.42. The first-order valence-electron chi connectivity index (χ1n) is 9.04. The van der Waals surface area contributed by atoms with Gasteiger partial charge in [0.1, 0.15) is 12.7 Å². The molecule has 0 radical (unpaired) electrons. The highest BCUT2D eigenvalue weighted by Gasteiger charge is 2.52. The Morgan fingerprint density at radius 3 is 1.81 bits per heavy atom. The molecular weight excluding hydrogens is 438 g/mol. The lowest BCUT2D eigenvalue weighted by Gasteiger charge is -2.44. The maximum atomic E-state index is 11.7. The van der Waals surface area contributed by atoms with Gasteiger partial charge in [-0.2, -0.15) is 0 Å². The Kier molecular flexibility index (Phi) is 10.2. The summed E-state index contributed by atoms with van der Waals surface area (Å²) >= 11 is 4.93. The molecule has 1 aliphatic heterocycles. The summed E-state index contributed by atoms with van der Waals surface area (Å²) < 4.78 is 26.5. The Hall–Kier alpha value is -2.84. The molecule has 0 bridgehead atoms. The first kappa shape index (κ1) is 26.2. The van der Waals surface area contributed by atoms with E-state index in [1.807, 2.05) is 0 Å². The zero-order chi connectivity index (χ0) is 23.7. The number of amides is 1. The minimum atomic E-state index is -1.33. The number of hydrogen-bond acceptors (Lipinski definition) is 12. The van der Waals surface area contributed by atoms with Gasteiger partial charge >= 0.3 is 23.9 Å². The zero-order valence-corrected chi connectivity index (χ0v) is 18.4. The summed E-state index contributed by atoms with van der Waals surface area (Å²) in [5, 5.41) is 2.17. The lowest BCUT2D eigenvalue weighted by molar-refractivity contribution is -0.258. The van der Waals surface area contributed by atoms with Crippen LogP contribution in [0.2, 0.25) is 0 Å². The molecule has 1 saturated heterocycles. The molecule has 1 fully saturated rings. The maximum absolute atomic E-state index is 11.7. The highest BCUT2D eigenvalue weighted by atomic mass is 32.1. The molecule has 0 aromatic heterocycles. The van der Waals surface area contributed by atoms with Gasteiger partial charge in [-0.3, -0.25) is 29.4 Å². The van der Waals surface area contributed by atoms with E-state index < -0.39 is 60.4 Å². The third-order valence-electron chi connectivity index (χ3n) is 3.61. The molecule has 0 aliphatic carbocycles. The number of carbonyl (C=O) groups excluding carboxylic acids is 5. The van der Waals surface area contributed by atoms with Crippen molar-refractivity contribution in [2.75, 3.05) is 6.61 Å². The van der Waals surface area contributed by atoms with E-state index in [0.29, 0.717) is 0 Å². The molecule has 1 heterocycles. The van der Waals surface area contributed by atoms with E-state index in [4.69, 9.17) is 35.9 Å². The summed E-state index contributed by atoms with van der Waals surface area (Å²) in [5.41, 5.74) is 5.08.